The van der Waals surface area contributed by atoms with E-state index in [1.807, 2.05) is 0 Å². The molecule has 1 unspecified atom stereocenters. The van der Waals surface area contributed by atoms with Crippen LogP contribution in [0.2, 0.25) is 0 Å². The highest BCUT2D eigenvalue weighted by Gasteiger charge is 2.19. The highest BCUT2D eigenvalue weighted by molar-refractivity contribution is 5.71. The molecule has 0 rings (SSSR count). The molecule has 0 aromatic rings. The molecule has 0 aliphatic rings. The first-order valence-corrected chi connectivity index (χ1v) is 32.6. The van der Waals surface area contributed by atoms with Crippen LogP contribution in [0.3, 0.4) is 0 Å². The molecule has 0 bridgehead atoms. The monoisotopic (exact) mass is 1040 g/mol. The van der Waals surface area contributed by atoms with Gasteiger partial charge in [0, 0.05) is 19.3 Å². The fourth-order valence-electron chi connectivity index (χ4n) is 9.62. The molecule has 0 N–H and O–H groups in total. The van der Waals surface area contributed by atoms with Gasteiger partial charge in [-0.2, -0.15) is 0 Å². The molecule has 0 aliphatic carbocycles. The zero-order valence-electron chi connectivity index (χ0n) is 49.6. The van der Waals surface area contributed by atoms with Crippen LogP contribution in [-0.2, 0) is 28.6 Å². The van der Waals surface area contributed by atoms with Crippen molar-refractivity contribution in [2.45, 2.75) is 354 Å². The van der Waals surface area contributed by atoms with Gasteiger partial charge in [-0.1, -0.05) is 294 Å². The Morgan fingerprint density at radius 1 is 0.270 bits per heavy atom. The zero-order valence-corrected chi connectivity index (χ0v) is 49.6. The lowest BCUT2D eigenvalue weighted by Gasteiger charge is -2.18. The lowest BCUT2D eigenvalue weighted by atomic mass is 10.0. The minimum atomic E-state index is -0.780. The molecule has 0 aromatic carbocycles. The van der Waals surface area contributed by atoms with Gasteiger partial charge in [-0.15, -0.1) is 0 Å². The molecule has 0 spiro atoms. The predicted molar refractivity (Wildman–Crippen MR) is 321 cm³/mol. The van der Waals surface area contributed by atoms with Crippen LogP contribution in [0.15, 0.2) is 48.6 Å². The van der Waals surface area contributed by atoms with Gasteiger partial charge in [0.2, 0.25) is 0 Å². The van der Waals surface area contributed by atoms with E-state index in [4.69, 9.17) is 14.2 Å². The smallest absolute Gasteiger partial charge is 0.306 e. The minimum absolute atomic E-state index is 0.0765. The van der Waals surface area contributed by atoms with Gasteiger partial charge in [-0.05, 0) is 83.5 Å². The summed E-state index contributed by atoms with van der Waals surface area (Å²) in [6.07, 6.45) is 78.3. The molecule has 0 heterocycles. The highest BCUT2D eigenvalue weighted by atomic mass is 16.6. The van der Waals surface area contributed by atoms with Gasteiger partial charge in [0.15, 0.2) is 6.10 Å². The number of rotatable bonds is 60. The maximum absolute atomic E-state index is 12.9. The number of ether oxygens (including phenoxy) is 3. The molecule has 6 heteroatoms. The van der Waals surface area contributed by atoms with E-state index in [0.29, 0.717) is 19.3 Å². The first-order valence-electron chi connectivity index (χ1n) is 32.6. The fraction of sp³-hybridized carbons (Fsp3) is 0.838. The molecule has 74 heavy (non-hydrogen) atoms. The number of allylic oxidation sites excluding steroid dienone is 8. The second kappa shape index (κ2) is 62.9. The van der Waals surface area contributed by atoms with Crippen molar-refractivity contribution < 1.29 is 28.6 Å². The molecule has 0 radical (unpaired) electrons. The van der Waals surface area contributed by atoms with Crippen LogP contribution in [-0.4, -0.2) is 37.2 Å². The molecule has 0 fully saturated rings. The maximum Gasteiger partial charge on any atom is 0.306 e. The largest absolute Gasteiger partial charge is 0.462 e. The van der Waals surface area contributed by atoms with E-state index in [1.165, 1.54) is 225 Å². The Balaban J connectivity index is 4.35. The number of hydrogen-bond acceptors (Lipinski definition) is 6. The topological polar surface area (TPSA) is 78.9 Å². The van der Waals surface area contributed by atoms with Crippen LogP contribution in [0.4, 0.5) is 0 Å². The summed E-state index contributed by atoms with van der Waals surface area (Å²) in [6, 6.07) is 0. The summed E-state index contributed by atoms with van der Waals surface area (Å²) in [5, 5.41) is 0. The van der Waals surface area contributed by atoms with Crippen molar-refractivity contribution in [3.63, 3.8) is 0 Å². The lowest BCUT2D eigenvalue weighted by molar-refractivity contribution is -0.167. The van der Waals surface area contributed by atoms with Crippen molar-refractivity contribution in [2.75, 3.05) is 13.2 Å². The average Bonchev–Trinajstić information content (AvgIpc) is 3.40. The summed E-state index contributed by atoms with van der Waals surface area (Å²) >= 11 is 0. The maximum atomic E-state index is 12.9. The van der Waals surface area contributed by atoms with Crippen molar-refractivity contribution in [1.29, 1.82) is 0 Å². The second-order valence-corrected chi connectivity index (χ2v) is 22.0. The number of carbonyl (C=O) groups is 3. The summed E-state index contributed by atoms with van der Waals surface area (Å²) in [7, 11) is 0. The van der Waals surface area contributed by atoms with Gasteiger partial charge in [0.05, 0.1) is 0 Å². The Morgan fingerprint density at radius 3 is 0.757 bits per heavy atom. The van der Waals surface area contributed by atoms with Gasteiger partial charge < -0.3 is 14.2 Å². The fourth-order valence-corrected chi connectivity index (χ4v) is 9.62. The zero-order chi connectivity index (χ0) is 53.6. The van der Waals surface area contributed by atoms with Gasteiger partial charge in [-0.25, -0.2) is 0 Å². The Hall–Kier alpha value is -2.63. The molecule has 6 nitrogen and oxygen atoms in total. The van der Waals surface area contributed by atoms with Crippen molar-refractivity contribution in [2.24, 2.45) is 0 Å². The molecular formula is C68H124O6. The summed E-state index contributed by atoms with van der Waals surface area (Å²) in [4.78, 5) is 38.3. The summed E-state index contributed by atoms with van der Waals surface area (Å²) in [5.41, 5.74) is 0. The molecule has 0 aromatic heterocycles. The van der Waals surface area contributed by atoms with Gasteiger partial charge in [0.25, 0.3) is 0 Å². The first kappa shape index (κ1) is 71.4. The van der Waals surface area contributed by atoms with E-state index < -0.39 is 6.10 Å². The van der Waals surface area contributed by atoms with Crippen LogP contribution >= 0.6 is 0 Å². The predicted octanol–water partition coefficient (Wildman–Crippen LogP) is 22.2. The molecule has 0 saturated carbocycles. The van der Waals surface area contributed by atoms with E-state index in [1.54, 1.807) is 0 Å². The normalized spacial score (nSPS) is 12.3. The van der Waals surface area contributed by atoms with Crippen LogP contribution in [0.25, 0.3) is 0 Å². The number of carbonyl (C=O) groups excluding carboxylic acids is 3. The molecule has 0 amide bonds. The summed E-state index contributed by atoms with van der Waals surface area (Å²) < 4.78 is 16.9. The number of hydrogen-bond donors (Lipinski definition) is 0. The van der Waals surface area contributed by atoms with Crippen LogP contribution < -0.4 is 0 Å². The molecule has 0 aliphatic heterocycles. The Labute approximate surface area is 460 Å². The highest BCUT2D eigenvalue weighted by Crippen LogP contribution is 2.17. The van der Waals surface area contributed by atoms with E-state index >= 15 is 0 Å². The standard InChI is InChI=1S/C68H124O6/c1-4-7-10-13-16-19-22-25-28-31-33-34-36-37-40-43-46-49-52-55-58-61-67(70)73-64-65(63-72-66(69)60-57-54-51-48-45-42-39-30-27-24-21-18-15-12-9-6-3)74-68(71)62-59-56-53-50-47-44-41-38-35-32-29-26-23-20-17-14-11-8-5-2/h21-22,24-25,30-31,33,39,65H,4-20,23,26-29,32,34-38,40-64H2,1-3H3/b24-21-,25-22-,33-31-,39-30-. The van der Waals surface area contributed by atoms with Crippen molar-refractivity contribution in [1.82, 2.24) is 0 Å². The van der Waals surface area contributed by atoms with E-state index in [2.05, 4.69) is 69.4 Å². The van der Waals surface area contributed by atoms with Gasteiger partial charge in [-0.3, -0.25) is 14.4 Å². The van der Waals surface area contributed by atoms with Crippen LogP contribution in [0.1, 0.15) is 348 Å². The SMILES string of the molecule is CCCCCC/C=C\C/C=C\CCCCCCCC(=O)OCC(COC(=O)CCCCCCCCCCC/C=C\C/C=C\CCCCCCC)OC(=O)CCCCCCCCCCCCCCCCCCCCC. The summed E-state index contributed by atoms with van der Waals surface area (Å²) in [5.74, 6) is -0.872. The number of unbranched alkanes of at least 4 members (excludes halogenated alkanes) is 41. The minimum Gasteiger partial charge on any atom is -0.462 e. The first-order chi connectivity index (χ1) is 36.5. The Kier molecular flexibility index (Phi) is 60.7. The molecule has 0 saturated heterocycles. The van der Waals surface area contributed by atoms with Crippen molar-refractivity contribution in [3.05, 3.63) is 48.6 Å². The Bertz CT molecular complexity index is 1280. The summed E-state index contributed by atoms with van der Waals surface area (Å²) in [6.45, 7) is 6.66. The van der Waals surface area contributed by atoms with Gasteiger partial charge in [0.1, 0.15) is 13.2 Å². The van der Waals surface area contributed by atoms with Crippen molar-refractivity contribution >= 4 is 17.9 Å². The van der Waals surface area contributed by atoms with Crippen LogP contribution in [0, 0.1) is 0 Å². The number of esters is 3. The third-order valence-corrected chi connectivity index (χ3v) is 14.6. The van der Waals surface area contributed by atoms with E-state index in [-0.39, 0.29) is 31.1 Å². The molecule has 432 valence electrons. The third kappa shape index (κ3) is 60.2. The lowest BCUT2D eigenvalue weighted by Crippen LogP contribution is -2.30. The quantitative estimate of drug-likeness (QED) is 0.0261. The van der Waals surface area contributed by atoms with E-state index in [9.17, 15) is 14.4 Å². The third-order valence-electron chi connectivity index (χ3n) is 14.6. The average molecular weight is 1040 g/mol. The van der Waals surface area contributed by atoms with Crippen molar-refractivity contribution in [3.8, 4) is 0 Å². The Morgan fingerprint density at radius 2 is 0.486 bits per heavy atom. The van der Waals surface area contributed by atoms with E-state index in [0.717, 1.165) is 83.5 Å². The van der Waals surface area contributed by atoms with Crippen LogP contribution in [0.5, 0.6) is 0 Å². The second-order valence-electron chi connectivity index (χ2n) is 22.0. The molecule has 1 atom stereocenters. The molecular weight excluding hydrogens is 913 g/mol. The van der Waals surface area contributed by atoms with Gasteiger partial charge >= 0.3 is 17.9 Å².